The molecule has 1 atom stereocenters. The molecule has 28 heavy (non-hydrogen) atoms. The number of alkyl halides is 2. The lowest BCUT2D eigenvalue weighted by Gasteiger charge is -2.37. The third kappa shape index (κ3) is 3.35. The minimum absolute atomic E-state index is 0.0971. The van der Waals surface area contributed by atoms with Gasteiger partial charge in [-0.2, -0.15) is 0 Å². The van der Waals surface area contributed by atoms with Gasteiger partial charge in [-0.1, -0.05) is 24.3 Å². The standard InChI is InChI=1S/C21H19F2N3O2/c22-20(23)19-16-4-2-1-3-13(16)8-10-26(19)18(27)12-25-15-5-6-17-14(11-15)7-9-24-21(17)28/h1-7,9,11,19-20,25H,8,10,12H2,(H,24,28). The Hall–Kier alpha value is -3.22. The monoisotopic (exact) mass is 383 g/mol. The van der Waals surface area contributed by atoms with Crippen molar-refractivity contribution in [3.63, 3.8) is 0 Å². The number of rotatable bonds is 4. The number of carbonyl (C=O) groups excluding carboxylic acids is 1. The minimum atomic E-state index is -2.65. The number of amides is 1. The van der Waals surface area contributed by atoms with Crippen molar-refractivity contribution in [1.82, 2.24) is 9.88 Å². The van der Waals surface area contributed by atoms with E-state index in [1.54, 1.807) is 42.6 Å². The second-order valence-electron chi connectivity index (χ2n) is 6.78. The molecule has 0 bridgehead atoms. The molecule has 0 saturated carbocycles. The first kappa shape index (κ1) is 18.2. The fourth-order valence-electron chi connectivity index (χ4n) is 3.73. The summed E-state index contributed by atoms with van der Waals surface area (Å²) in [5, 5.41) is 4.27. The Bertz CT molecular complexity index is 1080. The number of aromatic amines is 1. The molecule has 1 aliphatic rings. The van der Waals surface area contributed by atoms with Gasteiger partial charge in [0.25, 0.3) is 12.0 Å². The molecule has 1 unspecified atom stereocenters. The van der Waals surface area contributed by atoms with Gasteiger partial charge in [0.2, 0.25) is 5.91 Å². The molecular formula is C21H19F2N3O2. The summed E-state index contributed by atoms with van der Waals surface area (Å²) in [6.07, 6.45) is -0.542. The lowest BCUT2D eigenvalue weighted by Crippen LogP contribution is -2.45. The van der Waals surface area contributed by atoms with Crippen LogP contribution in [0.3, 0.4) is 0 Å². The van der Waals surface area contributed by atoms with Crippen LogP contribution >= 0.6 is 0 Å². The van der Waals surface area contributed by atoms with Gasteiger partial charge in [0.15, 0.2) is 0 Å². The first-order valence-electron chi connectivity index (χ1n) is 9.05. The third-order valence-corrected chi connectivity index (χ3v) is 5.11. The van der Waals surface area contributed by atoms with E-state index < -0.39 is 12.5 Å². The van der Waals surface area contributed by atoms with Gasteiger partial charge >= 0.3 is 0 Å². The highest BCUT2D eigenvalue weighted by Crippen LogP contribution is 2.34. The number of nitrogens with zero attached hydrogens (tertiary/aromatic N) is 1. The number of halogens is 2. The van der Waals surface area contributed by atoms with Crippen molar-refractivity contribution in [3.8, 4) is 0 Å². The number of anilines is 1. The van der Waals surface area contributed by atoms with Gasteiger partial charge in [-0.25, -0.2) is 8.78 Å². The van der Waals surface area contributed by atoms with E-state index in [1.165, 1.54) is 4.90 Å². The van der Waals surface area contributed by atoms with Gasteiger partial charge in [-0.05, 0) is 47.2 Å². The minimum Gasteiger partial charge on any atom is -0.376 e. The molecular weight excluding hydrogens is 364 g/mol. The fourth-order valence-corrected chi connectivity index (χ4v) is 3.73. The fraction of sp³-hybridized carbons (Fsp3) is 0.238. The molecule has 4 rings (SSSR count). The van der Waals surface area contributed by atoms with Crippen LogP contribution in [0.5, 0.6) is 0 Å². The highest BCUT2D eigenvalue weighted by Gasteiger charge is 2.36. The van der Waals surface area contributed by atoms with Crippen molar-refractivity contribution in [3.05, 3.63) is 76.2 Å². The second kappa shape index (κ2) is 7.42. The smallest absolute Gasteiger partial charge is 0.262 e. The number of fused-ring (bicyclic) bond motifs is 2. The van der Waals surface area contributed by atoms with Crippen LogP contribution in [0, 0.1) is 0 Å². The van der Waals surface area contributed by atoms with Crippen LogP contribution in [0.15, 0.2) is 59.5 Å². The third-order valence-electron chi connectivity index (χ3n) is 5.11. The van der Waals surface area contributed by atoms with E-state index in [0.29, 0.717) is 23.1 Å². The molecule has 0 aliphatic carbocycles. The summed E-state index contributed by atoms with van der Waals surface area (Å²) in [7, 11) is 0. The van der Waals surface area contributed by atoms with Crippen molar-refractivity contribution in [2.45, 2.75) is 18.9 Å². The number of benzene rings is 2. The highest BCUT2D eigenvalue weighted by molar-refractivity contribution is 5.86. The number of pyridine rings is 1. The molecule has 0 fully saturated rings. The number of aromatic nitrogens is 1. The number of nitrogens with one attached hydrogen (secondary N) is 2. The molecule has 3 aromatic rings. The van der Waals surface area contributed by atoms with Crippen molar-refractivity contribution in [2.24, 2.45) is 0 Å². The predicted octanol–water partition coefficient (Wildman–Crippen LogP) is 3.33. The van der Waals surface area contributed by atoms with E-state index in [2.05, 4.69) is 10.3 Å². The lowest BCUT2D eigenvalue weighted by molar-refractivity contribution is -0.136. The molecule has 1 aromatic heterocycles. The molecule has 1 aliphatic heterocycles. The molecule has 2 N–H and O–H groups in total. The Balaban J connectivity index is 1.51. The largest absolute Gasteiger partial charge is 0.376 e. The molecule has 0 radical (unpaired) electrons. The van der Waals surface area contributed by atoms with Gasteiger partial charge in [0, 0.05) is 23.8 Å². The van der Waals surface area contributed by atoms with E-state index in [-0.39, 0.29) is 24.6 Å². The lowest BCUT2D eigenvalue weighted by atomic mass is 9.92. The SMILES string of the molecule is O=C(CNc1ccc2c(=O)[nH]ccc2c1)N1CCc2ccccc2C1C(F)F. The van der Waals surface area contributed by atoms with Crippen LogP contribution in [-0.4, -0.2) is 35.3 Å². The predicted molar refractivity (Wildman–Crippen MR) is 104 cm³/mol. The average Bonchev–Trinajstić information content (AvgIpc) is 2.71. The van der Waals surface area contributed by atoms with Gasteiger partial charge in [0.1, 0.15) is 6.04 Å². The molecule has 144 valence electrons. The zero-order valence-corrected chi connectivity index (χ0v) is 15.0. The van der Waals surface area contributed by atoms with E-state index in [4.69, 9.17) is 0 Å². The van der Waals surface area contributed by atoms with Crippen LogP contribution in [0.1, 0.15) is 17.2 Å². The number of hydrogen-bond acceptors (Lipinski definition) is 3. The number of carbonyl (C=O) groups is 1. The van der Waals surface area contributed by atoms with E-state index in [9.17, 15) is 18.4 Å². The molecule has 0 saturated heterocycles. The van der Waals surface area contributed by atoms with Crippen molar-refractivity contribution in [1.29, 1.82) is 0 Å². The summed E-state index contributed by atoms with van der Waals surface area (Å²) in [6, 6.07) is 12.7. The molecule has 5 nitrogen and oxygen atoms in total. The van der Waals surface area contributed by atoms with Gasteiger partial charge in [0.05, 0.1) is 6.54 Å². The summed E-state index contributed by atoms with van der Waals surface area (Å²) in [4.78, 5) is 28.3. The number of H-pyrrole nitrogens is 1. The van der Waals surface area contributed by atoms with Crippen molar-refractivity contribution in [2.75, 3.05) is 18.4 Å². The quantitative estimate of drug-likeness (QED) is 0.726. The number of hydrogen-bond donors (Lipinski definition) is 2. The maximum atomic E-state index is 13.7. The molecule has 0 spiro atoms. The van der Waals surface area contributed by atoms with Crippen LogP contribution in [0.25, 0.3) is 10.8 Å². The van der Waals surface area contributed by atoms with Crippen LogP contribution in [-0.2, 0) is 11.2 Å². The first-order valence-corrected chi connectivity index (χ1v) is 9.05. The second-order valence-corrected chi connectivity index (χ2v) is 6.78. The van der Waals surface area contributed by atoms with Gasteiger partial charge in [-0.15, -0.1) is 0 Å². The first-order chi connectivity index (χ1) is 13.5. The van der Waals surface area contributed by atoms with E-state index >= 15 is 0 Å². The molecule has 7 heteroatoms. The molecule has 2 heterocycles. The Morgan fingerprint density at radius 3 is 2.86 bits per heavy atom. The zero-order chi connectivity index (χ0) is 19.7. The maximum absolute atomic E-state index is 13.7. The highest BCUT2D eigenvalue weighted by atomic mass is 19.3. The summed E-state index contributed by atoms with van der Waals surface area (Å²) in [6.45, 7) is 0.166. The van der Waals surface area contributed by atoms with Gasteiger partial charge < -0.3 is 15.2 Å². The summed E-state index contributed by atoms with van der Waals surface area (Å²) in [5.74, 6) is -0.384. The average molecular weight is 383 g/mol. The summed E-state index contributed by atoms with van der Waals surface area (Å²) >= 11 is 0. The van der Waals surface area contributed by atoms with Crippen LogP contribution < -0.4 is 10.9 Å². The Labute approximate surface area is 160 Å². The topological polar surface area (TPSA) is 65.2 Å². The van der Waals surface area contributed by atoms with Crippen molar-refractivity contribution < 1.29 is 13.6 Å². The van der Waals surface area contributed by atoms with Gasteiger partial charge in [-0.3, -0.25) is 9.59 Å². The maximum Gasteiger partial charge on any atom is 0.262 e. The Morgan fingerprint density at radius 1 is 1.21 bits per heavy atom. The zero-order valence-electron chi connectivity index (χ0n) is 15.0. The summed E-state index contributed by atoms with van der Waals surface area (Å²) in [5.41, 5.74) is 1.84. The molecule has 2 aromatic carbocycles. The van der Waals surface area contributed by atoms with Crippen LogP contribution in [0.2, 0.25) is 0 Å². The molecule has 1 amide bonds. The van der Waals surface area contributed by atoms with Crippen LogP contribution in [0.4, 0.5) is 14.5 Å². The van der Waals surface area contributed by atoms with E-state index in [0.717, 1.165) is 10.9 Å². The van der Waals surface area contributed by atoms with Crippen molar-refractivity contribution >= 4 is 22.4 Å². The van der Waals surface area contributed by atoms with E-state index in [1.807, 2.05) is 12.1 Å². The Morgan fingerprint density at radius 2 is 2.04 bits per heavy atom. The normalized spacial score (nSPS) is 16.2. The Kier molecular flexibility index (Phi) is 4.81. The summed E-state index contributed by atoms with van der Waals surface area (Å²) < 4.78 is 27.5.